The van der Waals surface area contributed by atoms with E-state index < -0.39 is 5.91 Å². The summed E-state index contributed by atoms with van der Waals surface area (Å²) in [5.74, 6) is 0.185. The van der Waals surface area contributed by atoms with Crippen LogP contribution in [0, 0.1) is 0 Å². The number of amides is 2. The fourth-order valence-corrected chi connectivity index (χ4v) is 2.61. The van der Waals surface area contributed by atoms with Gasteiger partial charge in [0.1, 0.15) is 11.5 Å². The molecule has 1 aromatic heterocycles. The van der Waals surface area contributed by atoms with Crippen molar-refractivity contribution in [1.29, 1.82) is 0 Å². The van der Waals surface area contributed by atoms with Crippen LogP contribution in [0.5, 0.6) is 5.75 Å². The number of hydrogen-bond donors (Lipinski definition) is 2. The van der Waals surface area contributed by atoms with E-state index in [1.165, 1.54) is 13.2 Å². The molecule has 0 atom stereocenters. The number of ketones is 1. The van der Waals surface area contributed by atoms with Crippen molar-refractivity contribution in [2.24, 2.45) is 0 Å². The number of hydrogen-bond acceptors (Lipinski definition) is 5. The van der Waals surface area contributed by atoms with Gasteiger partial charge < -0.3 is 19.8 Å². The average Bonchev–Trinajstić information content (AvgIpc) is 3.25. The topological polar surface area (TPSA) is 97.6 Å². The molecule has 0 unspecified atom stereocenters. The van der Waals surface area contributed by atoms with E-state index in [9.17, 15) is 14.4 Å². The second-order valence-electron chi connectivity index (χ2n) is 6.23. The summed E-state index contributed by atoms with van der Waals surface area (Å²) in [6.45, 7) is 1.44. The molecule has 2 amide bonds. The maximum absolute atomic E-state index is 12.5. The van der Waals surface area contributed by atoms with Crippen molar-refractivity contribution in [1.82, 2.24) is 5.32 Å². The van der Waals surface area contributed by atoms with Crippen molar-refractivity contribution in [2.45, 2.75) is 13.5 Å². The molecule has 0 bridgehead atoms. The Balaban J connectivity index is 1.59. The number of Topliss-reactive ketones (excluding diaryl/α,β-unsaturated/α-hetero) is 1. The Morgan fingerprint density at radius 1 is 1.00 bits per heavy atom. The molecule has 7 heteroatoms. The SMILES string of the molecule is CC(=O)c1cccc(OCC(=O)Nc2ccccc2C(=O)NCc2ccco2)c1. The fraction of sp³-hybridized carbons (Fsp3) is 0.136. The number of ether oxygens (including phenoxy) is 1. The molecule has 0 spiro atoms. The molecule has 0 fully saturated rings. The van der Waals surface area contributed by atoms with E-state index >= 15 is 0 Å². The van der Waals surface area contributed by atoms with Gasteiger partial charge in [-0.3, -0.25) is 14.4 Å². The van der Waals surface area contributed by atoms with Crippen molar-refractivity contribution < 1.29 is 23.5 Å². The van der Waals surface area contributed by atoms with E-state index in [4.69, 9.17) is 9.15 Å². The predicted molar refractivity (Wildman–Crippen MR) is 107 cm³/mol. The molecule has 0 aliphatic heterocycles. The Labute approximate surface area is 167 Å². The number of nitrogens with one attached hydrogen (secondary N) is 2. The molecular formula is C22H20N2O5. The van der Waals surface area contributed by atoms with Crippen LogP contribution in [0.4, 0.5) is 5.69 Å². The van der Waals surface area contributed by atoms with E-state index in [2.05, 4.69) is 10.6 Å². The van der Waals surface area contributed by atoms with Gasteiger partial charge in [0.25, 0.3) is 11.8 Å². The Morgan fingerprint density at radius 2 is 1.83 bits per heavy atom. The summed E-state index contributed by atoms with van der Waals surface area (Å²) in [4.78, 5) is 36.2. The first kappa shape index (κ1) is 19.9. The van der Waals surface area contributed by atoms with Crippen LogP contribution in [-0.2, 0) is 11.3 Å². The summed E-state index contributed by atoms with van der Waals surface area (Å²) >= 11 is 0. The lowest BCUT2D eigenvalue weighted by atomic mass is 10.1. The average molecular weight is 392 g/mol. The highest BCUT2D eigenvalue weighted by Gasteiger charge is 2.14. The third kappa shape index (κ3) is 5.55. The number of furan rings is 1. The first-order valence-corrected chi connectivity index (χ1v) is 8.96. The van der Waals surface area contributed by atoms with Crippen molar-refractivity contribution >= 4 is 23.3 Å². The summed E-state index contributed by atoms with van der Waals surface area (Å²) in [5.41, 5.74) is 1.20. The maximum Gasteiger partial charge on any atom is 0.262 e. The molecule has 3 rings (SSSR count). The van der Waals surface area contributed by atoms with Gasteiger partial charge >= 0.3 is 0 Å². The van der Waals surface area contributed by atoms with Crippen LogP contribution in [0.2, 0.25) is 0 Å². The fourth-order valence-electron chi connectivity index (χ4n) is 2.61. The summed E-state index contributed by atoms with van der Waals surface area (Å²) in [6, 6.07) is 16.8. The summed E-state index contributed by atoms with van der Waals surface area (Å²) in [7, 11) is 0. The van der Waals surface area contributed by atoms with Crippen LogP contribution in [0.25, 0.3) is 0 Å². The smallest absolute Gasteiger partial charge is 0.262 e. The Hall–Kier alpha value is -3.87. The van der Waals surface area contributed by atoms with Crippen molar-refractivity contribution in [3.8, 4) is 5.75 Å². The second kappa shape index (κ2) is 9.36. The van der Waals surface area contributed by atoms with Crippen molar-refractivity contribution in [3.05, 3.63) is 83.8 Å². The Kier molecular flexibility index (Phi) is 6.42. The normalized spacial score (nSPS) is 10.2. The molecule has 2 aromatic carbocycles. The molecule has 0 saturated heterocycles. The standard InChI is InChI=1S/C22H20N2O5/c1-15(25)16-6-4-7-17(12-16)29-14-21(26)24-20-10-3-2-9-19(20)22(27)23-13-18-8-5-11-28-18/h2-12H,13-14H2,1H3,(H,23,27)(H,24,26). The van der Waals surface area contributed by atoms with E-state index in [0.29, 0.717) is 28.3 Å². The minimum Gasteiger partial charge on any atom is -0.484 e. The molecule has 1 heterocycles. The van der Waals surface area contributed by atoms with Gasteiger partial charge in [-0.2, -0.15) is 0 Å². The van der Waals surface area contributed by atoms with Crippen molar-refractivity contribution in [2.75, 3.05) is 11.9 Å². The molecule has 0 radical (unpaired) electrons. The third-order valence-electron chi connectivity index (χ3n) is 4.06. The lowest BCUT2D eigenvalue weighted by molar-refractivity contribution is -0.118. The van der Waals surface area contributed by atoms with E-state index in [1.54, 1.807) is 60.7 Å². The highest BCUT2D eigenvalue weighted by molar-refractivity contribution is 6.04. The van der Waals surface area contributed by atoms with Gasteiger partial charge in [-0.05, 0) is 43.3 Å². The zero-order chi connectivity index (χ0) is 20.6. The van der Waals surface area contributed by atoms with Crippen LogP contribution in [0.1, 0.15) is 33.4 Å². The summed E-state index contributed by atoms with van der Waals surface area (Å²) in [5, 5.41) is 5.42. The van der Waals surface area contributed by atoms with Crippen LogP contribution >= 0.6 is 0 Å². The van der Waals surface area contributed by atoms with Crippen LogP contribution in [0.15, 0.2) is 71.3 Å². The molecule has 7 nitrogen and oxygen atoms in total. The number of para-hydroxylation sites is 1. The first-order chi connectivity index (χ1) is 14.0. The van der Waals surface area contributed by atoms with Gasteiger partial charge in [-0.15, -0.1) is 0 Å². The van der Waals surface area contributed by atoms with E-state index in [-0.39, 0.29) is 24.8 Å². The minimum atomic E-state index is -0.426. The number of carbonyl (C=O) groups excluding carboxylic acids is 3. The highest BCUT2D eigenvalue weighted by atomic mass is 16.5. The molecular weight excluding hydrogens is 372 g/mol. The molecule has 3 aromatic rings. The highest BCUT2D eigenvalue weighted by Crippen LogP contribution is 2.17. The van der Waals surface area contributed by atoms with Crippen LogP contribution < -0.4 is 15.4 Å². The first-order valence-electron chi connectivity index (χ1n) is 8.96. The molecule has 2 N–H and O–H groups in total. The molecule has 0 saturated carbocycles. The van der Waals surface area contributed by atoms with Gasteiger partial charge in [0.15, 0.2) is 12.4 Å². The van der Waals surface area contributed by atoms with Gasteiger partial charge in [-0.1, -0.05) is 24.3 Å². The van der Waals surface area contributed by atoms with E-state index in [1.807, 2.05) is 0 Å². The summed E-state index contributed by atoms with van der Waals surface area (Å²) in [6.07, 6.45) is 1.53. The molecule has 0 aliphatic carbocycles. The minimum absolute atomic E-state index is 0.0885. The lowest BCUT2D eigenvalue weighted by Gasteiger charge is -2.12. The summed E-state index contributed by atoms with van der Waals surface area (Å²) < 4.78 is 10.6. The number of benzene rings is 2. The second-order valence-corrected chi connectivity index (χ2v) is 6.23. The van der Waals surface area contributed by atoms with Gasteiger partial charge in [-0.25, -0.2) is 0 Å². The van der Waals surface area contributed by atoms with Crippen molar-refractivity contribution in [3.63, 3.8) is 0 Å². The quantitative estimate of drug-likeness (QED) is 0.573. The van der Waals surface area contributed by atoms with Crippen LogP contribution in [0.3, 0.4) is 0 Å². The number of carbonyl (C=O) groups is 3. The van der Waals surface area contributed by atoms with Gasteiger partial charge in [0, 0.05) is 5.56 Å². The molecule has 29 heavy (non-hydrogen) atoms. The van der Waals surface area contributed by atoms with Crippen LogP contribution in [-0.4, -0.2) is 24.2 Å². The van der Waals surface area contributed by atoms with Gasteiger partial charge in [0.2, 0.25) is 0 Å². The van der Waals surface area contributed by atoms with E-state index in [0.717, 1.165) is 0 Å². The molecule has 0 aliphatic rings. The number of anilines is 1. The zero-order valence-corrected chi connectivity index (χ0v) is 15.8. The van der Waals surface area contributed by atoms with Gasteiger partial charge in [0.05, 0.1) is 24.1 Å². The Bertz CT molecular complexity index is 1010. The molecule has 148 valence electrons. The predicted octanol–water partition coefficient (Wildman–Crippen LogP) is 3.43. The largest absolute Gasteiger partial charge is 0.484 e. The monoisotopic (exact) mass is 392 g/mol. The third-order valence-corrected chi connectivity index (χ3v) is 4.06. The number of rotatable bonds is 8. The zero-order valence-electron chi connectivity index (χ0n) is 15.8. The lowest BCUT2D eigenvalue weighted by Crippen LogP contribution is -2.26. The maximum atomic E-state index is 12.5. The Morgan fingerprint density at radius 3 is 2.59 bits per heavy atom.